The summed E-state index contributed by atoms with van der Waals surface area (Å²) in [7, 11) is 44.6. The maximum atomic E-state index is 6.91. The molecule has 0 radical (unpaired) electrons. The van der Waals surface area contributed by atoms with Gasteiger partial charge in [0.15, 0.2) is 0 Å². The molecule has 1 nitrogen and oxygen atoms in total. The highest BCUT2D eigenvalue weighted by Crippen LogP contribution is 2.44. The molecule has 20 heteroatoms. The lowest BCUT2D eigenvalue weighted by molar-refractivity contribution is 0.675. The van der Waals surface area contributed by atoms with Crippen LogP contribution >= 0.6 is 0 Å². The number of fused-ring (bicyclic) bond motifs is 8. The molecular formula is C46H47B19O. The third kappa shape index (κ3) is 5.81. The molecule has 1 aromatic heterocycles. The van der Waals surface area contributed by atoms with E-state index in [1.54, 1.807) is 0 Å². The third-order valence-corrected chi connectivity index (χ3v) is 17.9. The van der Waals surface area contributed by atoms with Crippen LogP contribution in [-0.2, 0) is 0 Å². The minimum absolute atomic E-state index is 1.03. The lowest BCUT2D eigenvalue weighted by Gasteiger charge is -2.31. The molecule has 9 aromatic carbocycles. The third-order valence-electron chi connectivity index (χ3n) is 17.9. The minimum atomic E-state index is 1.03. The topological polar surface area (TPSA) is 13.1 Å². The average molecular weight is 821 g/mol. The van der Waals surface area contributed by atoms with E-state index in [9.17, 15) is 0 Å². The van der Waals surface area contributed by atoms with Crippen molar-refractivity contribution in [2.75, 3.05) is 0 Å². The summed E-state index contributed by atoms with van der Waals surface area (Å²) in [5.74, 6) is 0. The molecule has 0 saturated heterocycles. The van der Waals surface area contributed by atoms with E-state index in [2.05, 4.69) is 204 Å². The molecule has 0 bridgehead atoms. The van der Waals surface area contributed by atoms with Crippen LogP contribution < -0.4 is 104 Å². The summed E-state index contributed by atoms with van der Waals surface area (Å²) >= 11 is 0. The first-order chi connectivity index (χ1) is 31.2. The molecule has 0 amide bonds. The van der Waals surface area contributed by atoms with E-state index in [-0.39, 0.29) is 0 Å². The molecule has 66 heavy (non-hydrogen) atoms. The molecule has 0 atom stereocenters. The van der Waals surface area contributed by atoms with Crippen LogP contribution in [0, 0.1) is 0 Å². The van der Waals surface area contributed by atoms with Gasteiger partial charge >= 0.3 is 0 Å². The highest BCUT2D eigenvalue weighted by Gasteiger charge is 2.30. The van der Waals surface area contributed by atoms with E-state index in [1.165, 1.54) is 191 Å². The van der Waals surface area contributed by atoms with Gasteiger partial charge < -0.3 is 4.42 Å². The van der Waals surface area contributed by atoms with Gasteiger partial charge in [0.1, 0.15) is 160 Å². The molecule has 0 aliphatic carbocycles. The fraction of sp³-hybridized carbons (Fsp3) is 0. The van der Waals surface area contributed by atoms with Crippen LogP contribution in [0.25, 0.3) is 98.4 Å². The molecule has 0 aliphatic rings. The zero-order valence-corrected chi connectivity index (χ0v) is 43.1. The quantitative estimate of drug-likeness (QED) is 0.0983. The summed E-state index contributed by atoms with van der Waals surface area (Å²) < 4.78 is 6.91. The van der Waals surface area contributed by atoms with Crippen LogP contribution in [0.5, 0.6) is 0 Å². The normalized spacial score (nSPS) is 11.9. The van der Waals surface area contributed by atoms with E-state index in [1.807, 2.05) is 0 Å². The van der Waals surface area contributed by atoms with E-state index >= 15 is 0 Å². The molecule has 0 N–H and O–H groups in total. The molecule has 0 unspecified atom stereocenters. The molecule has 0 saturated carbocycles. The lowest BCUT2D eigenvalue weighted by Crippen LogP contribution is -2.51. The number of benzene rings is 9. The lowest BCUT2D eigenvalue weighted by atomic mass is 9.56. The summed E-state index contributed by atoms with van der Waals surface area (Å²) in [6.45, 7) is 0. The number of rotatable bonds is 3. The maximum absolute atomic E-state index is 6.91. The Labute approximate surface area is 407 Å². The Morgan fingerprint density at radius 1 is 0.242 bits per heavy atom. The van der Waals surface area contributed by atoms with Crippen LogP contribution in [0.15, 0.2) is 59.0 Å². The summed E-state index contributed by atoms with van der Waals surface area (Å²) in [6, 6.07) is 20.6. The summed E-state index contributed by atoms with van der Waals surface area (Å²) in [5, 5.41) is 13.3. The van der Waals surface area contributed by atoms with Gasteiger partial charge in [-0.1, -0.05) is 125 Å². The Morgan fingerprint density at radius 3 is 1.05 bits per heavy atom. The minimum Gasteiger partial charge on any atom is -0.457 e. The standard InChI is InChI=1S/C46H47B19O/c47-26-22(35(56)43(64)45-24(26)25-36(57)41(62)42(63)44(65)46(25)66-45)23-33(54)31(52)21(32(53)34(23)55)16-19-17(27(48)37(58)39(60)29(19)50)15(18-20(16)30(51)40(61)38(59)28(18)49)14-9-10-5-1-2-6-11(10)12-7-3-4-8-13(12)14/h1-9H,47-65H2. The van der Waals surface area contributed by atoms with Crippen LogP contribution in [0.2, 0.25) is 0 Å². The number of hydrogen-bond donors (Lipinski definition) is 0. The molecule has 1 heterocycles. The van der Waals surface area contributed by atoms with E-state index in [0.717, 1.165) is 11.2 Å². The molecule has 10 rings (SSSR count). The average Bonchev–Trinajstić information content (AvgIpc) is 3.73. The van der Waals surface area contributed by atoms with Crippen LogP contribution in [0.3, 0.4) is 0 Å². The summed E-state index contributed by atoms with van der Waals surface area (Å²) in [6.07, 6.45) is 0. The van der Waals surface area contributed by atoms with Crippen molar-refractivity contribution in [1.29, 1.82) is 0 Å². The predicted molar refractivity (Wildman–Crippen MR) is 355 cm³/mol. The molecule has 294 valence electrons. The van der Waals surface area contributed by atoms with Crippen molar-refractivity contribution in [2.24, 2.45) is 0 Å². The Bertz CT molecular complexity index is 3820. The first kappa shape index (κ1) is 44.9. The SMILES string of the molecule is Bc1c(B)c(-c2c3c(B)c(B)c(B)c(B)c3c(-c3cc4ccccc4c4ccccc34)c3c(B)c(B)c(B)c(B)c23)c(B)c(B)c1-c1c(B)c(B)c2oc3c(B)c(B)c(B)c(B)c3c2c1B. The molecule has 0 fully saturated rings. The monoisotopic (exact) mass is 825 g/mol. The maximum Gasteiger partial charge on any atom is 0.143 e. The van der Waals surface area contributed by atoms with E-state index in [4.69, 9.17) is 4.42 Å². The van der Waals surface area contributed by atoms with Gasteiger partial charge in [-0.3, -0.25) is 0 Å². The van der Waals surface area contributed by atoms with Gasteiger partial charge in [-0.15, -0.1) is 27.3 Å². The Balaban J connectivity index is 1.41. The van der Waals surface area contributed by atoms with Crippen molar-refractivity contribution in [3.63, 3.8) is 0 Å². The Kier molecular flexibility index (Phi) is 10.6. The molecule has 0 aliphatic heterocycles. The predicted octanol–water partition coefficient (Wildman–Crippen LogP) is -19.9. The summed E-state index contributed by atoms with van der Waals surface area (Å²) in [4.78, 5) is 0. The van der Waals surface area contributed by atoms with Gasteiger partial charge in [-0.05, 0) is 82.5 Å². The molecule has 0 spiro atoms. The van der Waals surface area contributed by atoms with Gasteiger partial charge in [0, 0.05) is 10.8 Å². The second kappa shape index (κ2) is 15.5. The second-order valence-electron chi connectivity index (χ2n) is 20.5. The van der Waals surface area contributed by atoms with Crippen LogP contribution in [-0.4, -0.2) is 149 Å². The van der Waals surface area contributed by atoms with Crippen LogP contribution in [0.4, 0.5) is 0 Å². The Hall–Kier alpha value is -4.95. The smallest absolute Gasteiger partial charge is 0.143 e. The zero-order valence-electron chi connectivity index (χ0n) is 43.1. The van der Waals surface area contributed by atoms with Crippen molar-refractivity contribution in [3.05, 3.63) is 54.6 Å². The van der Waals surface area contributed by atoms with Crippen molar-refractivity contribution < 1.29 is 4.42 Å². The number of hydrogen-bond acceptors (Lipinski definition) is 1. The van der Waals surface area contributed by atoms with E-state index in [0.29, 0.717) is 0 Å². The first-order valence-corrected chi connectivity index (χ1v) is 24.1. The zero-order chi connectivity index (χ0) is 47.4. The highest BCUT2D eigenvalue weighted by atomic mass is 16.3. The molecule has 10 aromatic rings. The van der Waals surface area contributed by atoms with Gasteiger partial charge in [0.2, 0.25) is 0 Å². The largest absolute Gasteiger partial charge is 0.457 e. The van der Waals surface area contributed by atoms with Crippen molar-refractivity contribution in [1.82, 2.24) is 0 Å². The van der Waals surface area contributed by atoms with E-state index < -0.39 is 0 Å². The van der Waals surface area contributed by atoms with Gasteiger partial charge in [0.05, 0.1) is 0 Å². The van der Waals surface area contributed by atoms with Crippen molar-refractivity contribution in [2.45, 2.75) is 0 Å². The number of furan rings is 1. The van der Waals surface area contributed by atoms with Crippen molar-refractivity contribution >= 4 is 318 Å². The van der Waals surface area contributed by atoms with Gasteiger partial charge in [-0.2, -0.15) is 0 Å². The summed E-state index contributed by atoms with van der Waals surface area (Å²) in [5.41, 5.74) is 35.8. The van der Waals surface area contributed by atoms with Gasteiger partial charge in [0.25, 0.3) is 0 Å². The fourth-order valence-corrected chi connectivity index (χ4v) is 12.7. The molecular weight excluding hydrogens is 774 g/mol. The highest BCUT2D eigenvalue weighted by molar-refractivity contribution is 6.74. The Morgan fingerprint density at radius 2 is 0.561 bits per heavy atom. The first-order valence-electron chi connectivity index (χ1n) is 24.1. The van der Waals surface area contributed by atoms with Crippen LogP contribution in [0.1, 0.15) is 0 Å². The van der Waals surface area contributed by atoms with Crippen molar-refractivity contribution in [3.8, 4) is 33.4 Å². The second-order valence-corrected chi connectivity index (χ2v) is 20.5. The fourth-order valence-electron chi connectivity index (χ4n) is 12.7. The van der Waals surface area contributed by atoms with Gasteiger partial charge in [-0.25, -0.2) is 0 Å².